The number of likely N-dealkylation sites (N-methyl/N-ethyl adjacent to an activating group) is 1. The molecule has 0 aliphatic heterocycles. The van der Waals surface area contributed by atoms with Crippen molar-refractivity contribution in [3.8, 4) is 0 Å². The van der Waals surface area contributed by atoms with Gasteiger partial charge in [-0.25, -0.2) is 0 Å². The topological polar surface area (TPSA) is 63.3 Å². The Labute approximate surface area is 131 Å². The lowest BCUT2D eigenvalue weighted by Gasteiger charge is -2.47. The Morgan fingerprint density at radius 3 is 2.64 bits per heavy atom. The number of nitrogens with two attached hydrogens (primary N) is 1. The fourth-order valence-corrected chi connectivity index (χ4v) is 4.05. The average Bonchev–Trinajstić information content (AvgIpc) is 2.44. The number of aliphatic hydroxyl groups excluding tert-OH is 1. The number of hydrogen-bond donors (Lipinski definition) is 2. The van der Waals surface area contributed by atoms with E-state index in [0.29, 0.717) is 23.9 Å². The van der Waals surface area contributed by atoms with Gasteiger partial charge in [-0.2, -0.15) is 0 Å². The van der Waals surface area contributed by atoms with Crippen molar-refractivity contribution < 1.29 is 14.4 Å². The van der Waals surface area contributed by atoms with Crippen LogP contribution in [0.15, 0.2) is 30.4 Å². The molecule has 3 rings (SSSR count). The van der Waals surface area contributed by atoms with Crippen molar-refractivity contribution in [3.05, 3.63) is 47.0 Å². The molecule has 0 saturated carbocycles. The van der Waals surface area contributed by atoms with Gasteiger partial charge in [0.1, 0.15) is 0 Å². The fraction of sp³-hybridized carbons (Fsp3) is 0.500. The molecule has 4 atom stereocenters. The molecule has 4 nitrogen and oxygen atoms in total. The molecular formula is C18H25N2O2+. The molecule has 0 aromatic heterocycles. The highest BCUT2D eigenvalue weighted by atomic mass is 16.3. The lowest BCUT2D eigenvalue weighted by molar-refractivity contribution is -0.899. The van der Waals surface area contributed by atoms with Crippen LogP contribution in [0.25, 0.3) is 0 Å². The first kappa shape index (κ1) is 15.3. The summed E-state index contributed by atoms with van der Waals surface area (Å²) in [7, 11) is 6.68. The van der Waals surface area contributed by atoms with Gasteiger partial charge in [-0.05, 0) is 35.6 Å². The zero-order chi connectivity index (χ0) is 16.1. The summed E-state index contributed by atoms with van der Waals surface area (Å²) in [4.78, 5) is 11.5. The van der Waals surface area contributed by atoms with Gasteiger partial charge in [0.15, 0.2) is 0 Å². The molecule has 0 bridgehead atoms. The lowest BCUT2D eigenvalue weighted by Crippen LogP contribution is -2.54. The smallest absolute Gasteiger partial charge is 0.248 e. The highest BCUT2D eigenvalue weighted by Crippen LogP contribution is 2.45. The Kier molecular flexibility index (Phi) is 3.62. The standard InChI is InChI=1S/C18H24N2O2/c1-20(2,3)17-9-11-4-5-12(18(19)22)8-15(11)16-10-13(21)6-7-14(16)17/h4-8,13-14,16-17,21H,9-10H2,1-3H3,(H-,19,22)/p+1/t13?,14?,16?,17-/m1/s1. The van der Waals surface area contributed by atoms with Crippen LogP contribution in [0, 0.1) is 5.92 Å². The molecule has 1 aromatic rings. The Morgan fingerprint density at radius 2 is 2.00 bits per heavy atom. The van der Waals surface area contributed by atoms with Crippen LogP contribution in [0.5, 0.6) is 0 Å². The Hall–Kier alpha value is -1.65. The second-order valence-corrected chi connectivity index (χ2v) is 7.54. The summed E-state index contributed by atoms with van der Waals surface area (Å²) in [6, 6.07) is 6.27. The minimum Gasteiger partial charge on any atom is -0.389 e. The lowest BCUT2D eigenvalue weighted by atomic mass is 9.67. The number of benzene rings is 1. The zero-order valence-corrected chi connectivity index (χ0v) is 13.5. The van der Waals surface area contributed by atoms with E-state index in [1.165, 1.54) is 11.1 Å². The van der Waals surface area contributed by atoms with Crippen molar-refractivity contribution in [1.82, 2.24) is 0 Å². The molecule has 0 fully saturated rings. The molecule has 0 spiro atoms. The molecule has 3 unspecified atom stereocenters. The van der Waals surface area contributed by atoms with Gasteiger partial charge in [-0.15, -0.1) is 0 Å². The van der Waals surface area contributed by atoms with Gasteiger partial charge < -0.3 is 15.3 Å². The molecular weight excluding hydrogens is 276 g/mol. The van der Waals surface area contributed by atoms with E-state index in [1.54, 1.807) is 0 Å². The van der Waals surface area contributed by atoms with E-state index >= 15 is 0 Å². The molecule has 1 aromatic carbocycles. The molecule has 1 amide bonds. The van der Waals surface area contributed by atoms with Gasteiger partial charge in [0.2, 0.25) is 5.91 Å². The summed E-state index contributed by atoms with van der Waals surface area (Å²) in [5.41, 5.74) is 8.47. The Morgan fingerprint density at radius 1 is 1.27 bits per heavy atom. The van der Waals surface area contributed by atoms with Crippen molar-refractivity contribution in [2.75, 3.05) is 21.1 Å². The zero-order valence-electron chi connectivity index (χ0n) is 13.5. The number of aliphatic hydroxyl groups is 1. The summed E-state index contributed by atoms with van der Waals surface area (Å²) in [5, 5.41) is 10.1. The third-order valence-electron chi connectivity index (χ3n) is 5.21. The van der Waals surface area contributed by atoms with Crippen molar-refractivity contribution in [2.45, 2.75) is 30.9 Å². The largest absolute Gasteiger partial charge is 0.389 e. The van der Waals surface area contributed by atoms with E-state index in [9.17, 15) is 9.90 Å². The van der Waals surface area contributed by atoms with Gasteiger partial charge >= 0.3 is 0 Å². The number of hydrogen-bond acceptors (Lipinski definition) is 2. The van der Waals surface area contributed by atoms with E-state index in [1.807, 2.05) is 24.3 Å². The summed E-state index contributed by atoms with van der Waals surface area (Å²) >= 11 is 0. The van der Waals surface area contributed by atoms with Crippen LogP contribution in [-0.2, 0) is 6.42 Å². The van der Waals surface area contributed by atoms with Gasteiger partial charge in [0, 0.05) is 17.9 Å². The molecule has 0 saturated heterocycles. The predicted molar refractivity (Wildman–Crippen MR) is 86.5 cm³/mol. The highest BCUT2D eigenvalue weighted by molar-refractivity contribution is 5.93. The molecule has 22 heavy (non-hydrogen) atoms. The number of primary amides is 1. The second-order valence-electron chi connectivity index (χ2n) is 7.54. The number of fused-ring (bicyclic) bond motifs is 3. The van der Waals surface area contributed by atoms with Crippen molar-refractivity contribution >= 4 is 5.91 Å². The van der Waals surface area contributed by atoms with Gasteiger partial charge in [0.25, 0.3) is 0 Å². The first-order valence-electron chi connectivity index (χ1n) is 7.87. The van der Waals surface area contributed by atoms with Gasteiger partial charge in [0.05, 0.1) is 33.3 Å². The van der Waals surface area contributed by atoms with Crippen LogP contribution in [-0.4, -0.2) is 48.8 Å². The van der Waals surface area contributed by atoms with Crippen molar-refractivity contribution in [1.29, 1.82) is 0 Å². The van der Waals surface area contributed by atoms with E-state index in [-0.39, 0.29) is 11.8 Å². The first-order valence-corrected chi connectivity index (χ1v) is 7.87. The Bertz CT molecular complexity index is 630. The Balaban J connectivity index is 2.10. The number of carbonyl (C=O) groups excluding carboxylic acids is 1. The van der Waals surface area contributed by atoms with Crippen LogP contribution >= 0.6 is 0 Å². The highest BCUT2D eigenvalue weighted by Gasteiger charge is 2.44. The normalized spacial score (nSPS) is 30.5. The third kappa shape index (κ3) is 2.57. The molecule has 0 radical (unpaired) electrons. The van der Waals surface area contributed by atoms with Gasteiger partial charge in [-0.3, -0.25) is 4.79 Å². The molecule has 4 heteroatoms. The SMILES string of the molecule is C[N+](C)(C)[C@@H]1Cc2ccc(C(N)=O)cc2C2CC(O)C=CC21. The van der Waals surface area contributed by atoms with E-state index < -0.39 is 6.10 Å². The minimum atomic E-state index is -0.405. The predicted octanol–water partition coefficient (Wildman–Crippen LogP) is 1.44. The fourth-order valence-electron chi connectivity index (χ4n) is 4.05. The first-order chi connectivity index (χ1) is 10.3. The van der Waals surface area contributed by atoms with Crippen LogP contribution < -0.4 is 5.73 Å². The van der Waals surface area contributed by atoms with Crippen molar-refractivity contribution in [3.63, 3.8) is 0 Å². The quantitative estimate of drug-likeness (QED) is 0.641. The number of rotatable bonds is 2. The monoisotopic (exact) mass is 301 g/mol. The van der Waals surface area contributed by atoms with Crippen LogP contribution in [0.3, 0.4) is 0 Å². The maximum Gasteiger partial charge on any atom is 0.248 e. The third-order valence-corrected chi connectivity index (χ3v) is 5.21. The number of nitrogens with zero attached hydrogens (tertiary/aromatic N) is 1. The number of carbonyl (C=O) groups is 1. The number of amides is 1. The summed E-state index contributed by atoms with van der Waals surface area (Å²) in [6.07, 6.45) is 5.39. The van der Waals surface area contributed by atoms with Gasteiger partial charge in [-0.1, -0.05) is 18.2 Å². The molecule has 118 valence electrons. The van der Waals surface area contributed by atoms with Crippen molar-refractivity contribution in [2.24, 2.45) is 11.7 Å². The van der Waals surface area contributed by atoms with E-state index in [4.69, 9.17) is 5.73 Å². The molecule has 3 N–H and O–H groups in total. The second kappa shape index (κ2) is 5.21. The maximum atomic E-state index is 11.5. The molecule has 2 aliphatic rings. The maximum absolute atomic E-state index is 11.5. The van der Waals surface area contributed by atoms with Crippen LogP contribution in [0.2, 0.25) is 0 Å². The van der Waals surface area contributed by atoms with E-state index in [0.717, 1.165) is 10.9 Å². The summed E-state index contributed by atoms with van der Waals surface area (Å²) in [6.45, 7) is 0. The molecule has 0 heterocycles. The minimum absolute atomic E-state index is 0.255. The van der Waals surface area contributed by atoms with Crippen LogP contribution in [0.4, 0.5) is 0 Å². The average molecular weight is 301 g/mol. The summed E-state index contributed by atoms with van der Waals surface area (Å²) < 4.78 is 0.888. The summed E-state index contributed by atoms with van der Waals surface area (Å²) in [5.74, 6) is 0.254. The molecule has 2 aliphatic carbocycles. The van der Waals surface area contributed by atoms with Crippen LogP contribution in [0.1, 0.15) is 33.8 Å². The number of quaternary nitrogens is 1. The van der Waals surface area contributed by atoms with E-state index in [2.05, 4.69) is 27.2 Å².